The number of aromatic nitrogens is 3. The summed E-state index contributed by atoms with van der Waals surface area (Å²) in [6.45, 7) is 2.39. The minimum absolute atomic E-state index is 0.503. The van der Waals surface area contributed by atoms with Gasteiger partial charge in [-0.1, -0.05) is 28.9 Å². The zero-order valence-electron chi connectivity index (χ0n) is 10.6. The Bertz CT molecular complexity index is 724. The van der Waals surface area contributed by atoms with Crippen LogP contribution in [0.15, 0.2) is 35.0 Å². The first kappa shape index (κ1) is 13.1. The van der Waals surface area contributed by atoms with Crippen LogP contribution in [0.25, 0.3) is 11.5 Å². The Morgan fingerprint density at radius 2 is 2.20 bits per heavy atom. The van der Waals surface area contributed by atoms with E-state index in [2.05, 4.69) is 20.4 Å². The summed E-state index contributed by atoms with van der Waals surface area (Å²) in [6.07, 6.45) is 1.65. The van der Waals surface area contributed by atoms with E-state index in [0.717, 1.165) is 16.3 Å². The van der Waals surface area contributed by atoms with Gasteiger partial charge in [-0.25, -0.2) is 4.98 Å². The molecule has 20 heavy (non-hydrogen) atoms. The molecular weight excluding hydrogens is 296 g/mol. The van der Waals surface area contributed by atoms with Gasteiger partial charge in [0, 0.05) is 5.69 Å². The van der Waals surface area contributed by atoms with Crippen molar-refractivity contribution >= 4 is 28.6 Å². The van der Waals surface area contributed by atoms with E-state index >= 15 is 0 Å². The van der Waals surface area contributed by atoms with Crippen LogP contribution in [0, 0.1) is 6.92 Å². The number of thiazole rings is 1. The van der Waals surface area contributed by atoms with Crippen LogP contribution in [0.5, 0.6) is 0 Å². The third-order valence-electron chi connectivity index (χ3n) is 2.64. The van der Waals surface area contributed by atoms with Gasteiger partial charge in [0.25, 0.3) is 5.89 Å². The molecule has 5 nitrogen and oxygen atoms in total. The Kier molecular flexibility index (Phi) is 3.66. The second kappa shape index (κ2) is 5.60. The fraction of sp³-hybridized carbons (Fsp3) is 0.154. The van der Waals surface area contributed by atoms with Gasteiger partial charge in [-0.05, 0) is 19.1 Å². The van der Waals surface area contributed by atoms with E-state index in [1.807, 2.05) is 24.3 Å². The summed E-state index contributed by atoms with van der Waals surface area (Å²) in [5.41, 5.74) is 1.79. The Hall–Kier alpha value is -1.92. The Balaban J connectivity index is 1.83. The molecule has 0 fully saturated rings. The van der Waals surface area contributed by atoms with Crippen LogP contribution >= 0.6 is 22.9 Å². The van der Waals surface area contributed by atoms with Gasteiger partial charge in [-0.15, -0.1) is 11.3 Å². The molecule has 102 valence electrons. The van der Waals surface area contributed by atoms with Crippen LogP contribution in [0.4, 0.5) is 5.69 Å². The molecule has 0 aliphatic rings. The zero-order chi connectivity index (χ0) is 13.9. The molecule has 0 amide bonds. The normalized spacial score (nSPS) is 10.7. The number of nitrogens with one attached hydrogen (secondary N) is 1. The molecule has 2 aromatic heterocycles. The van der Waals surface area contributed by atoms with Crippen molar-refractivity contribution in [2.75, 3.05) is 5.32 Å². The molecule has 0 unspecified atom stereocenters. The number of hydrogen-bond donors (Lipinski definition) is 1. The minimum atomic E-state index is 0.503. The first-order valence-corrected chi connectivity index (χ1v) is 7.15. The number of aryl methyl sites for hydroxylation is 1. The first-order valence-electron chi connectivity index (χ1n) is 5.96. The fourth-order valence-corrected chi connectivity index (χ4v) is 2.67. The van der Waals surface area contributed by atoms with Crippen LogP contribution in [0.1, 0.15) is 10.8 Å². The molecule has 1 N–H and O–H groups in total. The van der Waals surface area contributed by atoms with Crippen LogP contribution in [-0.2, 0) is 6.54 Å². The molecular formula is C13H11ClN4OS. The number of anilines is 1. The monoisotopic (exact) mass is 306 g/mol. The van der Waals surface area contributed by atoms with Gasteiger partial charge in [0.05, 0.1) is 18.3 Å². The predicted octanol–water partition coefficient (Wildman–Crippen LogP) is 3.77. The summed E-state index contributed by atoms with van der Waals surface area (Å²) >= 11 is 7.32. The topological polar surface area (TPSA) is 63.8 Å². The van der Waals surface area contributed by atoms with Crippen LogP contribution in [0.2, 0.25) is 4.34 Å². The second-order valence-corrected chi connectivity index (χ2v) is 5.85. The number of para-hydroxylation sites is 1. The molecule has 7 heteroatoms. The standard InChI is InChI=1S/C13H11ClN4OS/c1-8-17-13(19-18-8)9-4-2-3-5-10(9)15-7-12-16-6-11(14)20-12/h2-6,15H,7H2,1H3. The number of hydrogen-bond acceptors (Lipinski definition) is 6. The number of benzene rings is 1. The summed E-state index contributed by atoms with van der Waals surface area (Å²) in [5, 5.41) is 8.05. The molecule has 3 aromatic rings. The highest BCUT2D eigenvalue weighted by Gasteiger charge is 2.11. The van der Waals surface area contributed by atoms with E-state index in [9.17, 15) is 0 Å². The van der Waals surface area contributed by atoms with Gasteiger partial charge < -0.3 is 9.84 Å². The molecule has 0 saturated carbocycles. The maximum Gasteiger partial charge on any atom is 0.260 e. The summed E-state index contributed by atoms with van der Waals surface area (Å²) in [5.74, 6) is 1.12. The van der Waals surface area contributed by atoms with Crippen LogP contribution in [0.3, 0.4) is 0 Å². The van der Waals surface area contributed by atoms with Crippen molar-refractivity contribution in [2.24, 2.45) is 0 Å². The lowest BCUT2D eigenvalue weighted by atomic mass is 10.2. The average molecular weight is 307 g/mol. The lowest BCUT2D eigenvalue weighted by Crippen LogP contribution is -2.00. The largest absolute Gasteiger partial charge is 0.378 e. The lowest BCUT2D eigenvalue weighted by molar-refractivity contribution is 0.426. The fourth-order valence-electron chi connectivity index (χ4n) is 1.77. The smallest absolute Gasteiger partial charge is 0.260 e. The van der Waals surface area contributed by atoms with E-state index in [4.69, 9.17) is 16.1 Å². The molecule has 0 radical (unpaired) electrons. The highest BCUT2D eigenvalue weighted by molar-refractivity contribution is 7.15. The van der Waals surface area contributed by atoms with Crippen molar-refractivity contribution in [1.29, 1.82) is 0 Å². The first-order chi connectivity index (χ1) is 9.72. The van der Waals surface area contributed by atoms with Crippen LogP contribution < -0.4 is 5.32 Å². The highest BCUT2D eigenvalue weighted by Crippen LogP contribution is 2.27. The maximum atomic E-state index is 5.87. The van der Waals surface area contributed by atoms with Crippen molar-refractivity contribution in [1.82, 2.24) is 15.1 Å². The van der Waals surface area contributed by atoms with Gasteiger partial charge in [0.1, 0.15) is 9.34 Å². The van der Waals surface area contributed by atoms with Crippen molar-refractivity contribution in [3.05, 3.63) is 45.6 Å². The molecule has 0 aliphatic carbocycles. The molecule has 0 aliphatic heterocycles. The van der Waals surface area contributed by atoms with Gasteiger partial charge in [0.2, 0.25) is 0 Å². The van der Waals surface area contributed by atoms with Gasteiger partial charge in [-0.3, -0.25) is 0 Å². The molecule has 0 atom stereocenters. The summed E-state index contributed by atoms with van der Waals surface area (Å²) in [7, 11) is 0. The summed E-state index contributed by atoms with van der Waals surface area (Å²) in [6, 6.07) is 7.78. The number of rotatable bonds is 4. The van der Waals surface area contributed by atoms with E-state index in [1.165, 1.54) is 11.3 Å². The SMILES string of the molecule is Cc1noc(-c2ccccc2NCc2ncc(Cl)s2)n1. The van der Waals surface area contributed by atoms with Crippen molar-refractivity contribution in [3.63, 3.8) is 0 Å². The van der Waals surface area contributed by atoms with E-state index < -0.39 is 0 Å². The molecule has 0 saturated heterocycles. The summed E-state index contributed by atoms with van der Waals surface area (Å²) in [4.78, 5) is 8.46. The zero-order valence-corrected chi connectivity index (χ0v) is 12.2. The highest BCUT2D eigenvalue weighted by atomic mass is 35.5. The van der Waals surface area contributed by atoms with Gasteiger partial charge in [0.15, 0.2) is 5.82 Å². The third kappa shape index (κ3) is 2.81. The van der Waals surface area contributed by atoms with Crippen molar-refractivity contribution in [3.8, 4) is 11.5 Å². The summed E-state index contributed by atoms with van der Waals surface area (Å²) < 4.78 is 5.89. The van der Waals surface area contributed by atoms with Crippen LogP contribution in [-0.4, -0.2) is 15.1 Å². The van der Waals surface area contributed by atoms with Gasteiger partial charge in [-0.2, -0.15) is 4.98 Å². The number of halogens is 1. The molecule has 1 aromatic carbocycles. The Morgan fingerprint density at radius 1 is 1.35 bits per heavy atom. The lowest BCUT2D eigenvalue weighted by Gasteiger charge is -2.07. The average Bonchev–Trinajstić information content (AvgIpc) is 3.06. The quantitative estimate of drug-likeness (QED) is 0.795. The molecule has 0 bridgehead atoms. The predicted molar refractivity (Wildman–Crippen MR) is 78.9 cm³/mol. The van der Waals surface area contributed by atoms with E-state index in [0.29, 0.717) is 22.6 Å². The molecule has 0 spiro atoms. The third-order valence-corrected chi connectivity index (χ3v) is 3.76. The van der Waals surface area contributed by atoms with Gasteiger partial charge >= 0.3 is 0 Å². The Labute approximate surface area is 124 Å². The number of nitrogens with zero attached hydrogens (tertiary/aromatic N) is 3. The second-order valence-electron chi connectivity index (χ2n) is 4.10. The van der Waals surface area contributed by atoms with Crippen molar-refractivity contribution < 1.29 is 4.52 Å². The van der Waals surface area contributed by atoms with E-state index in [-0.39, 0.29) is 0 Å². The minimum Gasteiger partial charge on any atom is -0.378 e. The van der Waals surface area contributed by atoms with E-state index in [1.54, 1.807) is 13.1 Å². The molecule has 2 heterocycles. The van der Waals surface area contributed by atoms with Crippen molar-refractivity contribution in [2.45, 2.75) is 13.5 Å². The Morgan fingerprint density at radius 3 is 2.90 bits per heavy atom. The molecule has 3 rings (SSSR count). The maximum absolute atomic E-state index is 5.87.